The van der Waals surface area contributed by atoms with E-state index < -0.39 is 5.54 Å². The van der Waals surface area contributed by atoms with Gasteiger partial charge in [0.2, 0.25) is 0 Å². The molecule has 0 aliphatic carbocycles. The Morgan fingerprint density at radius 2 is 2.22 bits per heavy atom. The summed E-state index contributed by atoms with van der Waals surface area (Å²) in [6, 6.07) is 0. The fraction of sp³-hybridized carbons (Fsp3) is 1.00. The largest absolute Gasteiger partial charge is 0.394 e. The second kappa shape index (κ2) is 8.10. The standard InChI is InChI=1S/C14H30N2O2/c1-14(15,12-17)7-3-4-8-16(2)10-13-6-5-9-18-11-13/h13,17H,3-12,15H2,1-2H3. The molecule has 0 aromatic heterocycles. The van der Waals surface area contributed by atoms with E-state index in [0.717, 1.165) is 45.6 Å². The minimum atomic E-state index is -0.407. The third kappa shape index (κ3) is 6.69. The molecule has 1 fully saturated rings. The molecular formula is C14H30N2O2. The van der Waals surface area contributed by atoms with Crippen LogP contribution < -0.4 is 5.73 Å². The molecule has 1 saturated heterocycles. The van der Waals surface area contributed by atoms with Crippen molar-refractivity contribution in [3.63, 3.8) is 0 Å². The molecule has 1 heterocycles. The monoisotopic (exact) mass is 258 g/mol. The Hall–Kier alpha value is -0.160. The lowest BCUT2D eigenvalue weighted by atomic mass is 9.97. The van der Waals surface area contributed by atoms with Crippen LogP contribution in [0.5, 0.6) is 0 Å². The van der Waals surface area contributed by atoms with Crippen molar-refractivity contribution in [2.45, 2.75) is 44.6 Å². The minimum absolute atomic E-state index is 0.0717. The average Bonchev–Trinajstić information content (AvgIpc) is 2.36. The number of rotatable bonds is 8. The van der Waals surface area contributed by atoms with Crippen LogP contribution >= 0.6 is 0 Å². The van der Waals surface area contributed by atoms with E-state index in [4.69, 9.17) is 15.6 Å². The smallest absolute Gasteiger partial charge is 0.0608 e. The van der Waals surface area contributed by atoms with Crippen molar-refractivity contribution in [2.24, 2.45) is 11.7 Å². The van der Waals surface area contributed by atoms with E-state index in [1.54, 1.807) is 0 Å². The quantitative estimate of drug-likeness (QED) is 0.643. The van der Waals surface area contributed by atoms with Crippen molar-refractivity contribution in [3.05, 3.63) is 0 Å². The first-order valence-electron chi connectivity index (χ1n) is 7.19. The molecule has 108 valence electrons. The van der Waals surface area contributed by atoms with Gasteiger partial charge in [0, 0.05) is 18.7 Å². The number of hydrogen-bond acceptors (Lipinski definition) is 4. The summed E-state index contributed by atoms with van der Waals surface area (Å²) >= 11 is 0. The van der Waals surface area contributed by atoms with Crippen molar-refractivity contribution in [3.8, 4) is 0 Å². The Kier molecular flexibility index (Phi) is 7.15. The van der Waals surface area contributed by atoms with E-state index in [9.17, 15) is 0 Å². The molecule has 0 spiro atoms. The fourth-order valence-corrected chi connectivity index (χ4v) is 2.47. The van der Waals surface area contributed by atoms with Gasteiger partial charge in [0.15, 0.2) is 0 Å². The molecule has 0 saturated carbocycles. The highest BCUT2D eigenvalue weighted by atomic mass is 16.5. The van der Waals surface area contributed by atoms with Gasteiger partial charge in [-0.3, -0.25) is 0 Å². The van der Waals surface area contributed by atoms with Crippen molar-refractivity contribution in [1.29, 1.82) is 0 Å². The molecule has 4 nitrogen and oxygen atoms in total. The van der Waals surface area contributed by atoms with Gasteiger partial charge < -0.3 is 20.5 Å². The summed E-state index contributed by atoms with van der Waals surface area (Å²) in [6.45, 7) is 6.10. The summed E-state index contributed by atoms with van der Waals surface area (Å²) in [4.78, 5) is 2.39. The zero-order valence-corrected chi connectivity index (χ0v) is 12.0. The molecule has 0 aromatic rings. The normalized spacial score (nSPS) is 24.2. The molecule has 3 N–H and O–H groups in total. The minimum Gasteiger partial charge on any atom is -0.394 e. The predicted octanol–water partition coefficient (Wildman–Crippen LogP) is 1.22. The van der Waals surface area contributed by atoms with Crippen molar-refractivity contribution >= 4 is 0 Å². The molecule has 0 radical (unpaired) electrons. The lowest BCUT2D eigenvalue weighted by molar-refractivity contribution is 0.0418. The van der Waals surface area contributed by atoms with Crippen LogP contribution in [0.4, 0.5) is 0 Å². The van der Waals surface area contributed by atoms with Gasteiger partial charge in [0.25, 0.3) is 0 Å². The highest BCUT2D eigenvalue weighted by molar-refractivity contribution is 4.77. The predicted molar refractivity (Wildman–Crippen MR) is 74.6 cm³/mol. The Morgan fingerprint density at radius 1 is 1.44 bits per heavy atom. The Morgan fingerprint density at radius 3 is 2.83 bits per heavy atom. The zero-order chi connectivity index (χ0) is 13.4. The lowest BCUT2D eigenvalue weighted by Crippen LogP contribution is -2.40. The van der Waals surface area contributed by atoms with E-state index in [0.29, 0.717) is 5.92 Å². The van der Waals surface area contributed by atoms with Crippen molar-refractivity contribution in [2.75, 3.05) is 40.0 Å². The molecule has 0 aromatic carbocycles. The van der Waals surface area contributed by atoms with Gasteiger partial charge in [-0.05, 0) is 52.1 Å². The number of unbranched alkanes of at least 4 members (excludes halogenated alkanes) is 1. The molecule has 1 aliphatic rings. The van der Waals surface area contributed by atoms with Crippen molar-refractivity contribution in [1.82, 2.24) is 4.90 Å². The average molecular weight is 258 g/mol. The highest BCUT2D eigenvalue weighted by Gasteiger charge is 2.17. The van der Waals surface area contributed by atoms with E-state index in [-0.39, 0.29) is 6.61 Å². The van der Waals surface area contributed by atoms with Crippen molar-refractivity contribution < 1.29 is 9.84 Å². The highest BCUT2D eigenvalue weighted by Crippen LogP contribution is 2.15. The number of ether oxygens (including phenoxy) is 1. The topological polar surface area (TPSA) is 58.7 Å². The van der Waals surface area contributed by atoms with Gasteiger partial charge in [0.1, 0.15) is 0 Å². The van der Waals surface area contributed by atoms with E-state index in [1.165, 1.54) is 12.8 Å². The molecule has 4 heteroatoms. The molecule has 0 amide bonds. The summed E-state index contributed by atoms with van der Waals surface area (Å²) in [5.41, 5.74) is 5.50. The fourth-order valence-electron chi connectivity index (χ4n) is 2.47. The van der Waals surface area contributed by atoms with Crippen LogP contribution in [0.25, 0.3) is 0 Å². The SMILES string of the molecule is CN(CCCCC(C)(N)CO)CC1CCCOC1. The number of nitrogens with zero attached hydrogens (tertiary/aromatic N) is 1. The van der Waals surface area contributed by atoms with Gasteiger partial charge >= 0.3 is 0 Å². The maximum absolute atomic E-state index is 9.07. The summed E-state index contributed by atoms with van der Waals surface area (Å²) in [7, 11) is 2.18. The van der Waals surface area contributed by atoms with Gasteiger partial charge in [0.05, 0.1) is 13.2 Å². The molecule has 2 unspecified atom stereocenters. The Balaban J connectivity index is 2.04. The van der Waals surface area contributed by atoms with E-state index >= 15 is 0 Å². The second-order valence-corrected chi connectivity index (χ2v) is 6.11. The zero-order valence-electron chi connectivity index (χ0n) is 12.0. The van der Waals surface area contributed by atoms with Crippen LogP contribution in [0.3, 0.4) is 0 Å². The third-order valence-electron chi connectivity index (χ3n) is 3.72. The maximum Gasteiger partial charge on any atom is 0.0608 e. The maximum atomic E-state index is 9.07. The molecule has 1 aliphatic heterocycles. The van der Waals surface area contributed by atoms with Gasteiger partial charge in [-0.25, -0.2) is 0 Å². The molecular weight excluding hydrogens is 228 g/mol. The summed E-state index contributed by atoms with van der Waals surface area (Å²) in [5.74, 6) is 0.709. The van der Waals surface area contributed by atoms with Crippen LogP contribution in [-0.4, -0.2) is 55.5 Å². The van der Waals surface area contributed by atoms with Gasteiger partial charge in [-0.1, -0.05) is 6.42 Å². The van der Waals surface area contributed by atoms with Gasteiger partial charge in [-0.2, -0.15) is 0 Å². The Bertz CT molecular complexity index is 216. The summed E-state index contributed by atoms with van der Waals surface area (Å²) in [5, 5.41) is 9.07. The van der Waals surface area contributed by atoms with Crippen LogP contribution in [0.1, 0.15) is 39.0 Å². The number of aliphatic hydroxyl groups excluding tert-OH is 1. The third-order valence-corrected chi connectivity index (χ3v) is 3.72. The number of aliphatic hydroxyl groups is 1. The van der Waals surface area contributed by atoms with Crippen LogP contribution in [0.2, 0.25) is 0 Å². The first kappa shape index (κ1) is 15.9. The molecule has 18 heavy (non-hydrogen) atoms. The summed E-state index contributed by atoms with van der Waals surface area (Å²) in [6.07, 6.45) is 5.63. The van der Waals surface area contributed by atoms with Gasteiger partial charge in [-0.15, -0.1) is 0 Å². The lowest BCUT2D eigenvalue weighted by Gasteiger charge is -2.27. The first-order chi connectivity index (χ1) is 8.53. The van der Waals surface area contributed by atoms with E-state index in [1.807, 2.05) is 6.92 Å². The number of nitrogens with two attached hydrogens (primary N) is 1. The van der Waals surface area contributed by atoms with Crippen LogP contribution in [0, 0.1) is 5.92 Å². The van der Waals surface area contributed by atoms with Crippen LogP contribution in [-0.2, 0) is 4.74 Å². The Labute approximate surface area is 111 Å². The first-order valence-corrected chi connectivity index (χ1v) is 7.19. The molecule has 0 bridgehead atoms. The molecule has 2 atom stereocenters. The number of hydrogen-bond donors (Lipinski definition) is 2. The van der Waals surface area contributed by atoms with Crippen LogP contribution in [0.15, 0.2) is 0 Å². The second-order valence-electron chi connectivity index (χ2n) is 6.11. The summed E-state index contributed by atoms with van der Waals surface area (Å²) < 4.78 is 5.50. The van der Waals surface area contributed by atoms with E-state index in [2.05, 4.69) is 11.9 Å². The molecule has 1 rings (SSSR count).